The molecular formula is C23H30FN3O. The van der Waals surface area contributed by atoms with Crippen molar-refractivity contribution in [3.05, 3.63) is 59.9 Å². The highest BCUT2D eigenvalue weighted by Gasteiger charge is 2.15. The van der Waals surface area contributed by atoms with Crippen LogP contribution >= 0.6 is 0 Å². The van der Waals surface area contributed by atoms with Crippen LogP contribution in [0.5, 0.6) is 0 Å². The third-order valence-corrected chi connectivity index (χ3v) is 5.35. The van der Waals surface area contributed by atoms with Gasteiger partial charge in [0.25, 0.3) is 0 Å². The molecule has 0 aliphatic carbocycles. The van der Waals surface area contributed by atoms with Crippen molar-refractivity contribution in [2.24, 2.45) is 5.92 Å². The van der Waals surface area contributed by atoms with E-state index in [0.717, 1.165) is 30.3 Å². The highest BCUT2D eigenvalue weighted by atomic mass is 19.1. The molecule has 1 saturated heterocycles. The lowest BCUT2D eigenvalue weighted by Crippen LogP contribution is -2.32. The quantitative estimate of drug-likeness (QED) is 0.717. The Bertz CT molecular complexity index is 737. The molecule has 150 valence electrons. The summed E-state index contributed by atoms with van der Waals surface area (Å²) >= 11 is 0. The number of halogens is 1. The molecule has 0 saturated carbocycles. The van der Waals surface area contributed by atoms with E-state index in [2.05, 4.69) is 46.7 Å². The molecule has 3 rings (SSSR count). The zero-order valence-electron chi connectivity index (χ0n) is 16.6. The van der Waals surface area contributed by atoms with Crippen molar-refractivity contribution in [1.29, 1.82) is 0 Å². The molecule has 1 aliphatic rings. The standard InChI is InChI=1S/C23H30FN3O/c1-18-12-16-27(17-13-18)22-8-6-21(7-9-22)25-15-11-23(28)26-14-10-19-2-4-20(24)5-3-19/h2-9,18,25H,10-17H2,1H3,(H,26,28). The molecule has 1 aliphatic heterocycles. The van der Waals surface area contributed by atoms with Crippen molar-refractivity contribution in [2.45, 2.75) is 32.6 Å². The average Bonchev–Trinajstić information content (AvgIpc) is 2.71. The van der Waals surface area contributed by atoms with Crippen LogP contribution in [0.3, 0.4) is 0 Å². The third kappa shape index (κ3) is 6.25. The minimum absolute atomic E-state index is 0.0219. The number of anilines is 2. The maximum atomic E-state index is 12.9. The number of piperidine rings is 1. The van der Waals surface area contributed by atoms with E-state index in [1.807, 2.05) is 0 Å². The van der Waals surface area contributed by atoms with E-state index >= 15 is 0 Å². The fourth-order valence-electron chi connectivity index (χ4n) is 3.46. The van der Waals surface area contributed by atoms with Gasteiger partial charge in [-0.3, -0.25) is 4.79 Å². The van der Waals surface area contributed by atoms with Crippen LogP contribution in [0.2, 0.25) is 0 Å². The number of nitrogens with one attached hydrogen (secondary N) is 2. The molecule has 0 bridgehead atoms. The van der Waals surface area contributed by atoms with E-state index < -0.39 is 0 Å². The fourth-order valence-corrected chi connectivity index (χ4v) is 3.46. The molecule has 2 aromatic rings. The molecule has 0 radical (unpaired) electrons. The van der Waals surface area contributed by atoms with E-state index in [9.17, 15) is 9.18 Å². The summed E-state index contributed by atoms with van der Waals surface area (Å²) in [7, 11) is 0. The van der Waals surface area contributed by atoms with Gasteiger partial charge in [0.2, 0.25) is 5.91 Å². The zero-order valence-corrected chi connectivity index (χ0v) is 16.6. The SMILES string of the molecule is CC1CCN(c2ccc(NCCC(=O)NCCc3ccc(F)cc3)cc2)CC1. The monoisotopic (exact) mass is 383 g/mol. The molecule has 0 unspecified atom stereocenters. The average molecular weight is 384 g/mol. The van der Waals surface area contributed by atoms with Crippen LogP contribution in [0.25, 0.3) is 0 Å². The molecule has 4 nitrogen and oxygen atoms in total. The Hall–Kier alpha value is -2.56. The fraction of sp³-hybridized carbons (Fsp3) is 0.435. The van der Waals surface area contributed by atoms with Crippen LogP contribution in [0, 0.1) is 11.7 Å². The van der Waals surface area contributed by atoms with E-state index in [0.29, 0.717) is 25.9 Å². The van der Waals surface area contributed by atoms with Crippen LogP contribution in [0.1, 0.15) is 31.7 Å². The number of benzene rings is 2. The minimum atomic E-state index is -0.239. The Morgan fingerprint density at radius 1 is 1.04 bits per heavy atom. The lowest BCUT2D eigenvalue weighted by molar-refractivity contribution is -0.120. The number of carbonyl (C=O) groups excluding carboxylic acids is 1. The van der Waals surface area contributed by atoms with E-state index in [1.165, 1.54) is 30.7 Å². The normalized spacial score (nSPS) is 14.7. The van der Waals surface area contributed by atoms with Gasteiger partial charge in [-0.15, -0.1) is 0 Å². The number of hydrogen-bond acceptors (Lipinski definition) is 3. The summed E-state index contributed by atoms with van der Waals surface area (Å²) in [6, 6.07) is 14.9. The number of amides is 1. The van der Waals surface area contributed by atoms with Gasteiger partial charge in [-0.25, -0.2) is 4.39 Å². The van der Waals surface area contributed by atoms with E-state index in [-0.39, 0.29) is 11.7 Å². The zero-order chi connectivity index (χ0) is 19.8. The van der Waals surface area contributed by atoms with Gasteiger partial charge in [0.1, 0.15) is 5.82 Å². The molecule has 0 spiro atoms. The summed E-state index contributed by atoms with van der Waals surface area (Å²) < 4.78 is 12.9. The largest absolute Gasteiger partial charge is 0.385 e. The van der Waals surface area contributed by atoms with E-state index in [4.69, 9.17) is 0 Å². The van der Waals surface area contributed by atoms with Gasteiger partial charge in [0, 0.05) is 44.0 Å². The summed E-state index contributed by atoms with van der Waals surface area (Å²) in [6.07, 6.45) is 3.65. The molecule has 5 heteroatoms. The van der Waals surface area contributed by atoms with Gasteiger partial charge in [-0.05, 0) is 67.1 Å². The highest BCUT2D eigenvalue weighted by molar-refractivity contribution is 5.76. The molecular weight excluding hydrogens is 353 g/mol. The van der Waals surface area contributed by atoms with Crippen molar-refractivity contribution in [3.63, 3.8) is 0 Å². The predicted octanol–water partition coefficient (Wildman–Crippen LogP) is 4.22. The van der Waals surface area contributed by atoms with Crippen LogP contribution in [-0.2, 0) is 11.2 Å². The predicted molar refractivity (Wildman–Crippen MR) is 113 cm³/mol. The lowest BCUT2D eigenvalue weighted by atomic mass is 9.99. The molecule has 2 N–H and O–H groups in total. The summed E-state index contributed by atoms with van der Waals surface area (Å²) in [5, 5.41) is 6.21. The highest BCUT2D eigenvalue weighted by Crippen LogP contribution is 2.24. The van der Waals surface area contributed by atoms with Gasteiger partial charge in [-0.1, -0.05) is 19.1 Å². The molecule has 0 aromatic heterocycles. The lowest BCUT2D eigenvalue weighted by Gasteiger charge is -2.32. The summed E-state index contributed by atoms with van der Waals surface area (Å²) in [4.78, 5) is 14.4. The molecule has 28 heavy (non-hydrogen) atoms. The first-order valence-electron chi connectivity index (χ1n) is 10.2. The topological polar surface area (TPSA) is 44.4 Å². The summed E-state index contributed by atoms with van der Waals surface area (Å²) in [6.45, 7) is 5.75. The first-order chi connectivity index (χ1) is 13.6. The molecule has 1 fully saturated rings. The Balaban J connectivity index is 1.33. The Morgan fingerprint density at radius 2 is 1.71 bits per heavy atom. The number of carbonyl (C=O) groups is 1. The minimum Gasteiger partial charge on any atom is -0.385 e. The van der Waals surface area contributed by atoms with Crippen LogP contribution < -0.4 is 15.5 Å². The third-order valence-electron chi connectivity index (χ3n) is 5.35. The molecule has 1 heterocycles. The molecule has 2 aromatic carbocycles. The van der Waals surface area contributed by atoms with E-state index in [1.54, 1.807) is 12.1 Å². The van der Waals surface area contributed by atoms with Crippen LogP contribution in [0.15, 0.2) is 48.5 Å². The summed E-state index contributed by atoms with van der Waals surface area (Å²) in [5.41, 5.74) is 3.33. The maximum Gasteiger partial charge on any atom is 0.221 e. The Labute approximate surface area is 167 Å². The summed E-state index contributed by atoms with van der Waals surface area (Å²) in [5.74, 6) is 0.616. The van der Waals surface area contributed by atoms with Crippen LogP contribution in [-0.4, -0.2) is 32.1 Å². The van der Waals surface area contributed by atoms with Crippen molar-refractivity contribution in [1.82, 2.24) is 5.32 Å². The Kier molecular flexibility index (Phi) is 7.29. The second kappa shape index (κ2) is 10.1. The molecule has 1 amide bonds. The van der Waals surface area contributed by atoms with Gasteiger partial charge in [-0.2, -0.15) is 0 Å². The number of nitrogens with zero attached hydrogens (tertiary/aromatic N) is 1. The smallest absolute Gasteiger partial charge is 0.221 e. The second-order valence-corrected chi connectivity index (χ2v) is 7.62. The Morgan fingerprint density at radius 3 is 2.39 bits per heavy atom. The second-order valence-electron chi connectivity index (χ2n) is 7.62. The van der Waals surface area contributed by atoms with Gasteiger partial charge in [0.05, 0.1) is 0 Å². The number of hydrogen-bond donors (Lipinski definition) is 2. The first kappa shape index (κ1) is 20.2. The van der Waals surface area contributed by atoms with Crippen molar-refractivity contribution >= 4 is 17.3 Å². The van der Waals surface area contributed by atoms with Crippen molar-refractivity contribution in [3.8, 4) is 0 Å². The van der Waals surface area contributed by atoms with Gasteiger partial charge >= 0.3 is 0 Å². The van der Waals surface area contributed by atoms with Crippen molar-refractivity contribution < 1.29 is 9.18 Å². The van der Waals surface area contributed by atoms with Gasteiger partial charge < -0.3 is 15.5 Å². The number of rotatable bonds is 8. The van der Waals surface area contributed by atoms with Crippen LogP contribution in [0.4, 0.5) is 15.8 Å². The first-order valence-corrected chi connectivity index (χ1v) is 10.2. The maximum absolute atomic E-state index is 12.9. The van der Waals surface area contributed by atoms with Crippen molar-refractivity contribution in [2.75, 3.05) is 36.4 Å². The molecule has 0 atom stereocenters. The van der Waals surface area contributed by atoms with Gasteiger partial charge in [0.15, 0.2) is 0 Å².